The van der Waals surface area contributed by atoms with Gasteiger partial charge in [0.2, 0.25) is 5.91 Å². The van der Waals surface area contributed by atoms with E-state index in [1.807, 2.05) is 0 Å². The van der Waals surface area contributed by atoms with Gasteiger partial charge in [-0.3, -0.25) is 14.4 Å². The number of nitrogens with one attached hydrogen (secondary N) is 3. The molecule has 0 aromatic rings. The molecule has 9 heteroatoms. The second-order valence-corrected chi connectivity index (χ2v) is 5.01. The summed E-state index contributed by atoms with van der Waals surface area (Å²) in [5.41, 5.74) is 5.33. The van der Waals surface area contributed by atoms with Gasteiger partial charge in [-0.1, -0.05) is 0 Å². The second-order valence-electron chi connectivity index (χ2n) is 5.01. The summed E-state index contributed by atoms with van der Waals surface area (Å²) in [6.45, 7) is 3.38. The van der Waals surface area contributed by atoms with E-state index in [9.17, 15) is 14.4 Å². The highest BCUT2D eigenvalue weighted by molar-refractivity contribution is 6.35. The Kier molecular flexibility index (Phi) is 15.0. The van der Waals surface area contributed by atoms with Crippen LogP contribution in [-0.2, 0) is 23.9 Å². The maximum atomic E-state index is 11.5. The fourth-order valence-corrected chi connectivity index (χ4v) is 1.62. The standard InChI is InChI=1S/C15H30N4O5/c1-17-13(20)5-2-7-18-14(21)15(22)19-8-4-10-24-12-11-23-9-3-6-16/h2-12,16H2,1H3,(H,17,20)(H,18,21)(H,19,22). The van der Waals surface area contributed by atoms with Crippen LogP contribution in [0.15, 0.2) is 0 Å². The van der Waals surface area contributed by atoms with Crippen molar-refractivity contribution in [3.8, 4) is 0 Å². The highest BCUT2D eigenvalue weighted by Crippen LogP contribution is 1.87. The van der Waals surface area contributed by atoms with Gasteiger partial charge in [-0.25, -0.2) is 0 Å². The van der Waals surface area contributed by atoms with E-state index in [0.29, 0.717) is 58.8 Å². The van der Waals surface area contributed by atoms with E-state index in [0.717, 1.165) is 6.42 Å². The third-order valence-electron chi connectivity index (χ3n) is 2.97. The van der Waals surface area contributed by atoms with Crippen molar-refractivity contribution >= 4 is 17.7 Å². The first-order valence-electron chi connectivity index (χ1n) is 8.24. The number of carbonyl (C=O) groups excluding carboxylic acids is 3. The second kappa shape index (κ2) is 16.2. The summed E-state index contributed by atoms with van der Waals surface area (Å²) in [5, 5.41) is 7.45. The van der Waals surface area contributed by atoms with Crippen LogP contribution in [0.25, 0.3) is 0 Å². The fourth-order valence-electron chi connectivity index (χ4n) is 1.62. The van der Waals surface area contributed by atoms with Gasteiger partial charge in [0.15, 0.2) is 0 Å². The lowest BCUT2D eigenvalue weighted by Gasteiger charge is -2.07. The molecule has 0 spiro atoms. The van der Waals surface area contributed by atoms with Gasteiger partial charge in [0.25, 0.3) is 0 Å². The number of rotatable bonds is 14. The Labute approximate surface area is 143 Å². The van der Waals surface area contributed by atoms with Crippen LogP contribution < -0.4 is 21.7 Å². The summed E-state index contributed by atoms with van der Waals surface area (Å²) in [6.07, 6.45) is 2.24. The maximum Gasteiger partial charge on any atom is 0.309 e. The Bertz CT molecular complexity index is 366. The molecule has 0 unspecified atom stereocenters. The van der Waals surface area contributed by atoms with Crippen LogP contribution in [0.5, 0.6) is 0 Å². The highest BCUT2D eigenvalue weighted by Gasteiger charge is 2.11. The molecule has 3 amide bonds. The van der Waals surface area contributed by atoms with Crippen LogP contribution >= 0.6 is 0 Å². The molecule has 24 heavy (non-hydrogen) atoms. The van der Waals surface area contributed by atoms with Crippen LogP contribution in [0.3, 0.4) is 0 Å². The Balaban J connectivity index is 3.41. The van der Waals surface area contributed by atoms with Gasteiger partial charge in [-0.2, -0.15) is 0 Å². The van der Waals surface area contributed by atoms with E-state index < -0.39 is 11.8 Å². The molecule has 0 saturated carbocycles. The lowest BCUT2D eigenvalue weighted by Crippen LogP contribution is -2.41. The molecule has 5 N–H and O–H groups in total. The molecule has 0 saturated heterocycles. The highest BCUT2D eigenvalue weighted by atomic mass is 16.5. The smallest absolute Gasteiger partial charge is 0.309 e. The average Bonchev–Trinajstić information content (AvgIpc) is 2.59. The Morgan fingerprint density at radius 2 is 1.38 bits per heavy atom. The van der Waals surface area contributed by atoms with Gasteiger partial charge < -0.3 is 31.2 Å². The summed E-state index contributed by atoms with van der Waals surface area (Å²) in [4.78, 5) is 33.9. The Hall–Kier alpha value is -1.71. The molecule has 0 atom stereocenters. The third kappa shape index (κ3) is 13.9. The van der Waals surface area contributed by atoms with E-state index in [1.54, 1.807) is 7.05 Å². The van der Waals surface area contributed by atoms with Crippen molar-refractivity contribution in [1.82, 2.24) is 16.0 Å². The first-order chi connectivity index (χ1) is 11.6. The topological polar surface area (TPSA) is 132 Å². The van der Waals surface area contributed by atoms with Gasteiger partial charge in [-0.15, -0.1) is 0 Å². The van der Waals surface area contributed by atoms with Crippen molar-refractivity contribution in [3.05, 3.63) is 0 Å². The monoisotopic (exact) mass is 346 g/mol. The number of amides is 3. The largest absolute Gasteiger partial charge is 0.379 e. The van der Waals surface area contributed by atoms with E-state index in [-0.39, 0.29) is 12.5 Å². The zero-order chi connectivity index (χ0) is 18.0. The molecule has 0 aromatic carbocycles. The minimum absolute atomic E-state index is 0.0986. The molecule has 140 valence electrons. The molecule has 0 aliphatic carbocycles. The predicted octanol–water partition coefficient (Wildman–Crippen LogP) is -1.48. The number of hydrogen-bond acceptors (Lipinski definition) is 6. The summed E-state index contributed by atoms with van der Waals surface area (Å²) < 4.78 is 10.6. The normalized spacial score (nSPS) is 10.2. The van der Waals surface area contributed by atoms with Gasteiger partial charge in [0.1, 0.15) is 0 Å². The number of hydrogen-bond donors (Lipinski definition) is 4. The van der Waals surface area contributed by atoms with E-state index in [4.69, 9.17) is 15.2 Å². The maximum absolute atomic E-state index is 11.5. The van der Waals surface area contributed by atoms with Crippen LogP contribution in [0.4, 0.5) is 0 Å². The SMILES string of the molecule is CNC(=O)CCCNC(=O)C(=O)NCCCOCCOCCCN. The molecule has 0 rings (SSSR count). The van der Waals surface area contributed by atoms with Gasteiger partial charge in [0, 0.05) is 39.8 Å². The minimum atomic E-state index is -0.693. The van der Waals surface area contributed by atoms with Crippen molar-refractivity contribution in [3.63, 3.8) is 0 Å². The molecule has 0 radical (unpaired) electrons. The quantitative estimate of drug-likeness (QED) is 0.224. The molecule has 0 aliphatic rings. The third-order valence-corrected chi connectivity index (χ3v) is 2.97. The van der Waals surface area contributed by atoms with Gasteiger partial charge >= 0.3 is 11.8 Å². The van der Waals surface area contributed by atoms with Crippen molar-refractivity contribution in [2.75, 3.05) is 53.1 Å². The first kappa shape index (κ1) is 22.3. The van der Waals surface area contributed by atoms with E-state index in [2.05, 4.69) is 16.0 Å². The summed E-state index contributed by atoms with van der Waals surface area (Å²) in [6, 6.07) is 0. The molecular weight excluding hydrogens is 316 g/mol. The molecule has 0 bridgehead atoms. The lowest BCUT2D eigenvalue weighted by molar-refractivity contribution is -0.139. The van der Waals surface area contributed by atoms with E-state index in [1.165, 1.54) is 0 Å². The molecule has 0 aliphatic heterocycles. The molecule has 9 nitrogen and oxygen atoms in total. The minimum Gasteiger partial charge on any atom is -0.379 e. The van der Waals surface area contributed by atoms with Crippen LogP contribution in [-0.4, -0.2) is 70.8 Å². The number of carbonyl (C=O) groups is 3. The zero-order valence-electron chi connectivity index (χ0n) is 14.4. The number of nitrogens with two attached hydrogens (primary N) is 1. The van der Waals surface area contributed by atoms with E-state index >= 15 is 0 Å². The molecule has 0 fully saturated rings. The van der Waals surface area contributed by atoms with Crippen LogP contribution in [0.2, 0.25) is 0 Å². The van der Waals surface area contributed by atoms with Crippen molar-refractivity contribution < 1.29 is 23.9 Å². The van der Waals surface area contributed by atoms with Crippen molar-refractivity contribution in [2.45, 2.75) is 25.7 Å². The predicted molar refractivity (Wildman–Crippen MR) is 89.2 cm³/mol. The van der Waals surface area contributed by atoms with Crippen LogP contribution in [0, 0.1) is 0 Å². The molecular formula is C15H30N4O5. The Morgan fingerprint density at radius 1 is 0.833 bits per heavy atom. The first-order valence-corrected chi connectivity index (χ1v) is 8.24. The molecule has 0 aromatic heterocycles. The summed E-state index contributed by atoms with van der Waals surface area (Å²) >= 11 is 0. The van der Waals surface area contributed by atoms with Gasteiger partial charge in [0.05, 0.1) is 13.2 Å². The fraction of sp³-hybridized carbons (Fsp3) is 0.800. The van der Waals surface area contributed by atoms with Crippen LogP contribution in [0.1, 0.15) is 25.7 Å². The summed E-state index contributed by atoms with van der Waals surface area (Å²) in [7, 11) is 1.55. The van der Waals surface area contributed by atoms with Gasteiger partial charge in [-0.05, 0) is 25.8 Å². The number of ether oxygens (including phenoxy) is 2. The lowest BCUT2D eigenvalue weighted by atomic mass is 10.3. The van der Waals surface area contributed by atoms with Crippen molar-refractivity contribution in [2.24, 2.45) is 5.73 Å². The molecule has 0 heterocycles. The average molecular weight is 346 g/mol. The van der Waals surface area contributed by atoms with Crippen molar-refractivity contribution in [1.29, 1.82) is 0 Å². The Morgan fingerprint density at radius 3 is 1.92 bits per heavy atom. The summed E-state index contributed by atoms with van der Waals surface area (Å²) in [5.74, 6) is -1.47. The zero-order valence-corrected chi connectivity index (χ0v) is 14.4.